The second-order valence-electron chi connectivity index (χ2n) is 8.63. The molecule has 1 atom stereocenters. The van der Waals surface area contributed by atoms with E-state index < -0.39 is 17.9 Å². The number of phenols is 1. The van der Waals surface area contributed by atoms with Crippen molar-refractivity contribution in [3.63, 3.8) is 0 Å². The molecule has 0 saturated heterocycles. The third-order valence-corrected chi connectivity index (χ3v) is 5.84. The molecule has 0 aliphatic carbocycles. The van der Waals surface area contributed by atoms with E-state index in [2.05, 4.69) is 5.32 Å². The molecule has 2 N–H and O–H groups in total. The standard InChI is InChI=1S/C31H29NO6/c1-36-31(35)27(32-30(34)25-13-15-26(33)16-14-25)18-24-12-17-28(37-20-22-8-4-2-5-9-22)29(19-24)38-21-23-10-6-3-7-11-23/h2-17,19,27,33H,18,20-21H2,1H3,(H,32,34)/t27-/m1/s1. The number of amides is 1. The Balaban J connectivity index is 1.53. The van der Waals surface area contributed by atoms with Gasteiger partial charge in [0.05, 0.1) is 7.11 Å². The predicted molar refractivity (Wildman–Crippen MR) is 143 cm³/mol. The number of carbonyl (C=O) groups is 2. The van der Waals surface area contributed by atoms with Gasteiger partial charge in [0.2, 0.25) is 0 Å². The summed E-state index contributed by atoms with van der Waals surface area (Å²) in [4.78, 5) is 25.3. The van der Waals surface area contributed by atoms with Gasteiger partial charge in [-0.25, -0.2) is 4.79 Å². The molecule has 0 aliphatic heterocycles. The van der Waals surface area contributed by atoms with Crippen LogP contribution in [-0.2, 0) is 29.2 Å². The number of methoxy groups -OCH3 is 1. The van der Waals surface area contributed by atoms with Crippen LogP contribution in [0.15, 0.2) is 103 Å². The van der Waals surface area contributed by atoms with Crippen LogP contribution in [0, 0.1) is 0 Å². The topological polar surface area (TPSA) is 94.1 Å². The van der Waals surface area contributed by atoms with Gasteiger partial charge in [-0.05, 0) is 53.1 Å². The minimum atomic E-state index is -0.931. The van der Waals surface area contributed by atoms with Gasteiger partial charge >= 0.3 is 5.97 Å². The number of benzene rings is 4. The van der Waals surface area contributed by atoms with Gasteiger partial charge in [-0.1, -0.05) is 66.7 Å². The molecule has 4 rings (SSSR count). The van der Waals surface area contributed by atoms with Crippen LogP contribution in [0.2, 0.25) is 0 Å². The van der Waals surface area contributed by atoms with Crippen molar-refractivity contribution in [1.29, 1.82) is 0 Å². The van der Waals surface area contributed by atoms with E-state index >= 15 is 0 Å². The molecule has 0 aromatic heterocycles. The lowest BCUT2D eigenvalue weighted by Gasteiger charge is -2.19. The summed E-state index contributed by atoms with van der Waals surface area (Å²) in [6.45, 7) is 0.708. The molecule has 194 valence electrons. The normalized spacial score (nSPS) is 11.3. The van der Waals surface area contributed by atoms with Gasteiger partial charge in [0.25, 0.3) is 5.91 Å². The highest BCUT2D eigenvalue weighted by atomic mass is 16.5. The summed E-state index contributed by atoms with van der Waals surface area (Å²) < 4.78 is 17.1. The lowest BCUT2D eigenvalue weighted by atomic mass is 10.0. The fourth-order valence-electron chi connectivity index (χ4n) is 3.81. The Labute approximate surface area is 221 Å². The Morgan fingerprint density at radius 3 is 1.89 bits per heavy atom. The first-order valence-corrected chi connectivity index (χ1v) is 12.2. The first-order chi connectivity index (χ1) is 18.5. The average molecular weight is 512 g/mol. The minimum absolute atomic E-state index is 0.0451. The zero-order valence-electron chi connectivity index (χ0n) is 21.0. The average Bonchev–Trinajstić information content (AvgIpc) is 2.96. The highest BCUT2D eigenvalue weighted by molar-refractivity contribution is 5.96. The molecule has 0 saturated carbocycles. The van der Waals surface area contributed by atoms with Crippen LogP contribution in [0.3, 0.4) is 0 Å². The van der Waals surface area contributed by atoms with Crippen molar-refractivity contribution in [3.8, 4) is 17.2 Å². The van der Waals surface area contributed by atoms with E-state index in [0.29, 0.717) is 30.3 Å². The number of esters is 1. The van der Waals surface area contributed by atoms with Crippen LogP contribution in [0.1, 0.15) is 27.0 Å². The maximum Gasteiger partial charge on any atom is 0.328 e. The molecular weight excluding hydrogens is 482 g/mol. The molecule has 0 fully saturated rings. The Bertz CT molecular complexity index is 1340. The molecule has 7 nitrogen and oxygen atoms in total. The summed E-state index contributed by atoms with van der Waals surface area (Å²) in [5.74, 6) is 0.104. The summed E-state index contributed by atoms with van der Waals surface area (Å²) in [6, 6.07) is 29.9. The summed E-state index contributed by atoms with van der Waals surface area (Å²) in [6.07, 6.45) is 0.178. The molecule has 0 radical (unpaired) electrons. The Morgan fingerprint density at radius 2 is 1.32 bits per heavy atom. The molecule has 1 amide bonds. The maximum absolute atomic E-state index is 12.7. The van der Waals surface area contributed by atoms with Crippen LogP contribution < -0.4 is 14.8 Å². The molecule has 38 heavy (non-hydrogen) atoms. The third kappa shape index (κ3) is 7.36. The van der Waals surface area contributed by atoms with E-state index in [1.807, 2.05) is 72.8 Å². The highest BCUT2D eigenvalue weighted by Crippen LogP contribution is 2.31. The molecule has 0 aliphatic rings. The quantitative estimate of drug-likeness (QED) is 0.273. The van der Waals surface area contributed by atoms with Crippen LogP contribution in [0.25, 0.3) is 0 Å². The zero-order valence-corrected chi connectivity index (χ0v) is 21.0. The van der Waals surface area contributed by atoms with Crippen molar-refractivity contribution in [3.05, 3.63) is 125 Å². The van der Waals surface area contributed by atoms with E-state index in [9.17, 15) is 14.7 Å². The van der Waals surface area contributed by atoms with Gasteiger partial charge in [0.15, 0.2) is 11.5 Å². The SMILES string of the molecule is COC(=O)[C@@H](Cc1ccc(OCc2ccccc2)c(OCc2ccccc2)c1)NC(=O)c1ccc(O)cc1. The lowest BCUT2D eigenvalue weighted by Crippen LogP contribution is -2.43. The minimum Gasteiger partial charge on any atom is -0.508 e. The van der Waals surface area contributed by atoms with E-state index in [4.69, 9.17) is 14.2 Å². The van der Waals surface area contributed by atoms with E-state index in [1.165, 1.54) is 31.4 Å². The fraction of sp³-hybridized carbons (Fsp3) is 0.161. The highest BCUT2D eigenvalue weighted by Gasteiger charge is 2.23. The van der Waals surface area contributed by atoms with E-state index in [0.717, 1.165) is 16.7 Å². The monoisotopic (exact) mass is 511 g/mol. The van der Waals surface area contributed by atoms with Gasteiger partial charge in [0, 0.05) is 12.0 Å². The number of carbonyl (C=O) groups excluding carboxylic acids is 2. The molecule has 0 spiro atoms. The van der Waals surface area contributed by atoms with Gasteiger partial charge in [-0.3, -0.25) is 4.79 Å². The van der Waals surface area contributed by atoms with Crippen LogP contribution >= 0.6 is 0 Å². The van der Waals surface area contributed by atoms with Crippen molar-refractivity contribution in [2.75, 3.05) is 7.11 Å². The predicted octanol–water partition coefficient (Wildman–Crippen LogP) is 5.06. The van der Waals surface area contributed by atoms with Crippen molar-refractivity contribution >= 4 is 11.9 Å². The summed E-state index contributed by atoms with van der Waals surface area (Å²) in [5.41, 5.74) is 3.09. The first kappa shape index (κ1) is 26.3. The zero-order chi connectivity index (χ0) is 26.7. The van der Waals surface area contributed by atoms with Gasteiger partial charge in [-0.15, -0.1) is 0 Å². The number of hydrogen-bond acceptors (Lipinski definition) is 6. The second-order valence-corrected chi connectivity index (χ2v) is 8.63. The van der Waals surface area contributed by atoms with Crippen molar-refractivity contribution in [1.82, 2.24) is 5.32 Å². The Kier molecular flexibility index (Phi) is 8.97. The lowest BCUT2D eigenvalue weighted by molar-refractivity contribution is -0.142. The third-order valence-electron chi connectivity index (χ3n) is 5.84. The van der Waals surface area contributed by atoms with Gasteiger partial charge < -0.3 is 24.6 Å². The molecule has 0 heterocycles. The fourth-order valence-corrected chi connectivity index (χ4v) is 3.81. The van der Waals surface area contributed by atoms with Crippen LogP contribution in [0.4, 0.5) is 0 Å². The van der Waals surface area contributed by atoms with Crippen molar-refractivity contribution in [2.24, 2.45) is 0 Å². The number of rotatable bonds is 11. The van der Waals surface area contributed by atoms with Crippen molar-refractivity contribution in [2.45, 2.75) is 25.7 Å². The Hall–Kier alpha value is -4.78. The van der Waals surface area contributed by atoms with E-state index in [1.54, 1.807) is 6.07 Å². The molecule has 0 unspecified atom stereocenters. The van der Waals surface area contributed by atoms with Gasteiger partial charge in [0.1, 0.15) is 25.0 Å². The molecule has 0 bridgehead atoms. The Morgan fingerprint density at radius 1 is 0.737 bits per heavy atom. The van der Waals surface area contributed by atoms with E-state index in [-0.39, 0.29) is 12.2 Å². The summed E-state index contributed by atoms with van der Waals surface area (Å²) in [7, 11) is 1.27. The molecule has 7 heteroatoms. The molecule has 4 aromatic rings. The largest absolute Gasteiger partial charge is 0.508 e. The smallest absolute Gasteiger partial charge is 0.328 e. The summed E-state index contributed by atoms with van der Waals surface area (Å²) >= 11 is 0. The number of aromatic hydroxyl groups is 1. The number of phenolic OH excluding ortho intramolecular Hbond substituents is 1. The molecular formula is C31H29NO6. The number of hydrogen-bond donors (Lipinski definition) is 2. The van der Waals surface area contributed by atoms with Crippen molar-refractivity contribution < 1.29 is 28.9 Å². The van der Waals surface area contributed by atoms with Gasteiger partial charge in [-0.2, -0.15) is 0 Å². The molecule has 4 aromatic carbocycles. The number of ether oxygens (including phenoxy) is 3. The number of nitrogens with one attached hydrogen (secondary N) is 1. The first-order valence-electron chi connectivity index (χ1n) is 12.2. The second kappa shape index (κ2) is 13.0. The summed E-state index contributed by atoms with van der Waals surface area (Å²) in [5, 5.41) is 12.2. The maximum atomic E-state index is 12.7. The van der Waals surface area contributed by atoms with Crippen LogP contribution in [0.5, 0.6) is 17.2 Å². The van der Waals surface area contributed by atoms with Crippen LogP contribution in [-0.4, -0.2) is 30.1 Å².